The number of hydrogen-bond donors (Lipinski definition) is 1. The molecule has 0 bridgehead atoms. The number of nitrogens with one attached hydrogen (secondary N) is 1. The lowest BCUT2D eigenvalue weighted by Gasteiger charge is -1.75. The van der Waals surface area contributed by atoms with E-state index in [4.69, 9.17) is 0 Å². The zero-order valence-corrected chi connectivity index (χ0v) is 7.58. The van der Waals surface area contributed by atoms with Crippen molar-refractivity contribution in [2.45, 2.75) is 6.92 Å². The Morgan fingerprint density at radius 3 is 3.10 bits per heavy atom. The Bertz CT molecular complexity index is 364. The first-order valence-corrected chi connectivity index (χ1v) is 4.35. The summed E-state index contributed by atoms with van der Waals surface area (Å²) in [7, 11) is 0. The molecule has 0 unspecified atom stereocenters. The molecule has 0 saturated heterocycles. The first-order valence-electron chi connectivity index (χ1n) is 2.74. The molecule has 0 atom stereocenters. The van der Waals surface area contributed by atoms with E-state index in [1.807, 2.05) is 6.92 Å². The molecule has 10 heavy (non-hydrogen) atoms. The van der Waals surface area contributed by atoms with Gasteiger partial charge in [0.25, 0.3) is 0 Å². The van der Waals surface area contributed by atoms with E-state index in [2.05, 4.69) is 31.1 Å². The van der Waals surface area contributed by atoms with Gasteiger partial charge in [-0.05, 0) is 22.9 Å². The van der Waals surface area contributed by atoms with E-state index in [1.165, 1.54) is 0 Å². The maximum Gasteiger partial charge on any atom is 0.193 e. The Hall–Kier alpha value is -0.420. The fourth-order valence-corrected chi connectivity index (χ4v) is 2.13. The molecule has 0 radical (unpaired) electrons. The summed E-state index contributed by atoms with van der Waals surface area (Å²) in [5, 5.41) is 6.84. The molecular formula is C5H4BrN3S. The van der Waals surface area contributed by atoms with Crippen LogP contribution < -0.4 is 0 Å². The van der Waals surface area contributed by atoms with Crippen LogP contribution in [0.4, 0.5) is 0 Å². The summed E-state index contributed by atoms with van der Waals surface area (Å²) >= 11 is 4.89. The molecule has 3 nitrogen and oxygen atoms in total. The van der Waals surface area contributed by atoms with E-state index in [1.54, 1.807) is 11.3 Å². The highest BCUT2D eigenvalue weighted by Crippen LogP contribution is 2.26. The highest BCUT2D eigenvalue weighted by atomic mass is 79.9. The predicted octanol–water partition coefficient (Wildman–Crippen LogP) is 2.09. The molecule has 0 fully saturated rings. The van der Waals surface area contributed by atoms with Crippen LogP contribution in [0.15, 0.2) is 3.92 Å². The van der Waals surface area contributed by atoms with Gasteiger partial charge in [-0.2, -0.15) is 5.10 Å². The van der Waals surface area contributed by atoms with Gasteiger partial charge in [0.2, 0.25) is 0 Å². The SMILES string of the molecule is Cc1[nH]nc2nc(Br)sc12. The van der Waals surface area contributed by atoms with E-state index in [9.17, 15) is 0 Å². The number of hydrogen-bond acceptors (Lipinski definition) is 3. The molecule has 1 N–H and O–H groups in total. The molecule has 2 aromatic heterocycles. The smallest absolute Gasteiger partial charge is 0.193 e. The summed E-state index contributed by atoms with van der Waals surface area (Å²) in [6.45, 7) is 1.99. The molecule has 0 aromatic carbocycles. The third kappa shape index (κ3) is 0.775. The lowest BCUT2D eigenvalue weighted by Crippen LogP contribution is -1.69. The van der Waals surface area contributed by atoms with Crippen molar-refractivity contribution < 1.29 is 0 Å². The highest BCUT2D eigenvalue weighted by Gasteiger charge is 2.05. The minimum atomic E-state index is 0.800. The van der Waals surface area contributed by atoms with Crippen LogP contribution in [0.3, 0.4) is 0 Å². The quantitative estimate of drug-likeness (QED) is 0.735. The van der Waals surface area contributed by atoms with Gasteiger partial charge in [-0.3, -0.25) is 5.10 Å². The normalized spacial score (nSPS) is 11.0. The molecule has 2 aromatic rings. The molecular weight excluding hydrogens is 214 g/mol. The van der Waals surface area contributed by atoms with Gasteiger partial charge < -0.3 is 0 Å². The van der Waals surface area contributed by atoms with Crippen molar-refractivity contribution in [2.24, 2.45) is 0 Å². The number of nitrogens with zero attached hydrogens (tertiary/aromatic N) is 2. The van der Waals surface area contributed by atoms with Crippen molar-refractivity contribution >= 4 is 37.6 Å². The third-order valence-corrected chi connectivity index (χ3v) is 2.87. The second-order valence-electron chi connectivity index (χ2n) is 1.97. The van der Waals surface area contributed by atoms with E-state index in [0.717, 1.165) is 20.0 Å². The summed E-state index contributed by atoms with van der Waals surface area (Å²) in [6.07, 6.45) is 0. The summed E-state index contributed by atoms with van der Waals surface area (Å²) in [4.78, 5) is 4.13. The number of fused-ring (bicyclic) bond motifs is 1. The molecule has 2 rings (SSSR count). The van der Waals surface area contributed by atoms with Crippen molar-refractivity contribution in [1.29, 1.82) is 0 Å². The average molecular weight is 218 g/mol. The first kappa shape index (κ1) is 6.30. The van der Waals surface area contributed by atoms with Gasteiger partial charge in [0.15, 0.2) is 9.56 Å². The van der Waals surface area contributed by atoms with Crippen LogP contribution in [0, 0.1) is 6.92 Å². The minimum absolute atomic E-state index is 0.800. The number of aromatic amines is 1. The van der Waals surface area contributed by atoms with Gasteiger partial charge in [0.05, 0.1) is 10.4 Å². The van der Waals surface area contributed by atoms with Gasteiger partial charge >= 0.3 is 0 Å². The number of rotatable bonds is 0. The Morgan fingerprint density at radius 2 is 2.40 bits per heavy atom. The molecule has 0 aliphatic carbocycles. The number of aromatic nitrogens is 3. The van der Waals surface area contributed by atoms with Crippen LogP contribution in [0.1, 0.15) is 5.69 Å². The zero-order valence-electron chi connectivity index (χ0n) is 5.18. The monoisotopic (exact) mass is 217 g/mol. The standard InChI is InChI=1S/C5H4BrN3S/c1-2-3-4(9-8-2)7-5(6)10-3/h1H3,(H,8,9). The predicted molar refractivity (Wildman–Crippen MR) is 44.2 cm³/mol. The van der Waals surface area contributed by atoms with Crippen LogP contribution in [-0.2, 0) is 0 Å². The largest absolute Gasteiger partial charge is 0.279 e. The number of aryl methyl sites for hydroxylation is 1. The van der Waals surface area contributed by atoms with E-state index in [-0.39, 0.29) is 0 Å². The second-order valence-corrected chi connectivity index (χ2v) is 4.24. The Labute approximate surface area is 69.6 Å². The van der Waals surface area contributed by atoms with Crippen LogP contribution in [0.5, 0.6) is 0 Å². The maximum absolute atomic E-state index is 4.13. The molecule has 0 aliphatic rings. The number of thiazole rings is 1. The zero-order chi connectivity index (χ0) is 7.14. The Kier molecular flexibility index (Phi) is 1.28. The number of H-pyrrole nitrogens is 1. The van der Waals surface area contributed by atoms with Crippen LogP contribution in [0.2, 0.25) is 0 Å². The van der Waals surface area contributed by atoms with Gasteiger partial charge in [-0.15, -0.1) is 11.3 Å². The summed E-state index contributed by atoms with van der Waals surface area (Å²) in [6, 6.07) is 0. The molecule has 0 aliphatic heterocycles. The van der Waals surface area contributed by atoms with Gasteiger partial charge in [-0.25, -0.2) is 4.98 Å². The van der Waals surface area contributed by atoms with Crippen LogP contribution in [0.25, 0.3) is 10.3 Å². The van der Waals surface area contributed by atoms with Crippen molar-refractivity contribution in [2.75, 3.05) is 0 Å². The molecule has 2 heterocycles. The van der Waals surface area contributed by atoms with E-state index < -0.39 is 0 Å². The van der Waals surface area contributed by atoms with Gasteiger partial charge in [0, 0.05) is 0 Å². The third-order valence-electron chi connectivity index (χ3n) is 1.25. The van der Waals surface area contributed by atoms with Crippen molar-refractivity contribution in [3.8, 4) is 0 Å². The lowest BCUT2D eigenvalue weighted by molar-refractivity contribution is 1.05. The van der Waals surface area contributed by atoms with Gasteiger partial charge in [0.1, 0.15) is 0 Å². The van der Waals surface area contributed by atoms with E-state index in [0.29, 0.717) is 0 Å². The second kappa shape index (κ2) is 2.03. The molecule has 52 valence electrons. The highest BCUT2D eigenvalue weighted by molar-refractivity contribution is 9.11. The maximum atomic E-state index is 4.13. The lowest BCUT2D eigenvalue weighted by atomic mass is 10.5. The minimum Gasteiger partial charge on any atom is -0.279 e. The number of halogens is 1. The van der Waals surface area contributed by atoms with E-state index >= 15 is 0 Å². The molecule has 5 heteroatoms. The molecule has 0 amide bonds. The molecule has 0 spiro atoms. The summed E-state index contributed by atoms with van der Waals surface area (Å²) in [5.74, 6) is 0. The Morgan fingerprint density at radius 1 is 1.60 bits per heavy atom. The summed E-state index contributed by atoms with van der Waals surface area (Å²) in [5.41, 5.74) is 1.88. The van der Waals surface area contributed by atoms with Crippen molar-refractivity contribution in [3.63, 3.8) is 0 Å². The van der Waals surface area contributed by atoms with Crippen molar-refractivity contribution in [1.82, 2.24) is 15.2 Å². The summed E-state index contributed by atoms with van der Waals surface area (Å²) < 4.78 is 2.02. The first-order chi connectivity index (χ1) is 4.77. The topological polar surface area (TPSA) is 41.6 Å². The average Bonchev–Trinajstić information content (AvgIpc) is 2.35. The Balaban J connectivity index is 2.90. The molecule has 0 saturated carbocycles. The van der Waals surface area contributed by atoms with Crippen LogP contribution in [-0.4, -0.2) is 15.2 Å². The van der Waals surface area contributed by atoms with Crippen LogP contribution >= 0.6 is 27.3 Å². The fourth-order valence-electron chi connectivity index (χ4n) is 0.794. The van der Waals surface area contributed by atoms with Gasteiger partial charge in [-0.1, -0.05) is 0 Å². The van der Waals surface area contributed by atoms with Crippen molar-refractivity contribution in [3.05, 3.63) is 9.61 Å². The fraction of sp³-hybridized carbons (Fsp3) is 0.200.